The molecule has 3 heteroatoms. The van der Waals surface area contributed by atoms with Crippen LogP contribution in [0.1, 0.15) is 58.3 Å². The predicted molar refractivity (Wildman–Crippen MR) is 140 cm³/mol. The van der Waals surface area contributed by atoms with E-state index in [2.05, 4.69) is 76.0 Å². The number of benzene rings is 3. The van der Waals surface area contributed by atoms with Crippen molar-refractivity contribution in [3.05, 3.63) is 65.1 Å². The third-order valence-corrected chi connectivity index (χ3v) is 6.82. The molecule has 0 saturated carbocycles. The summed E-state index contributed by atoms with van der Waals surface area (Å²) in [5.41, 5.74) is 12.2. The molecule has 4 aromatic rings. The zero-order valence-electron chi connectivity index (χ0n) is 18.5. The van der Waals surface area contributed by atoms with Gasteiger partial charge in [-0.1, -0.05) is 104 Å². The van der Waals surface area contributed by atoms with Gasteiger partial charge in [0.1, 0.15) is 0 Å². The van der Waals surface area contributed by atoms with Gasteiger partial charge in [-0.25, -0.2) is 0 Å². The van der Waals surface area contributed by atoms with E-state index in [1.807, 2.05) is 12.1 Å². The third kappa shape index (κ3) is 4.82. The monoisotopic (exact) mass is 476 g/mol. The minimum atomic E-state index is 0.833. The molecule has 0 atom stereocenters. The van der Waals surface area contributed by atoms with Crippen molar-refractivity contribution < 1.29 is 0 Å². The molecule has 0 amide bonds. The highest BCUT2D eigenvalue weighted by Crippen LogP contribution is 2.38. The van der Waals surface area contributed by atoms with Crippen molar-refractivity contribution in [2.75, 3.05) is 5.73 Å². The number of anilines is 1. The Labute approximate surface area is 194 Å². The highest BCUT2D eigenvalue weighted by Gasteiger charge is 2.16. The lowest BCUT2D eigenvalue weighted by Gasteiger charge is -2.13. The lowest BCUT2D eigenvalue weighted by Crippen LogP contribution is -2.00. The Bertz CT molecular complexity index is 1160. The molecular weight excluding hydrogens is 444 g/mol. The van der Waals surface area contributed by atoms with E-state index in [0.717, 1.165) is 22.3 Å². The summed E-state index contributed by atoms with van der Waals surface area (Å²) in [7, 11) is 0. The van der Waals surface area contributed by atoms with Crippen LogP contribution in [0, 0.1) is 0 Å². The molecular formula is C28H33BrN2. The Hall–Kier alpha value is -2.26. The first-order valence-electron chi connectivity index (χ1n) is 11.8. The van der Waals surface area contributed by atoms with E-state index >= 15 is 0 Å². The molecule has 1 aromatic heterocycles. The van der Waals surface area contributed by atoms with Crippen molar-refractivity contribution in [2.45, 2.75) is 64.8 Å². The zero-order chi connectivity index (χ0) is 21.6. The average Bonchev–Trinajstić information content (AvgIpc) is 3.09. The van der Waals surface area contributed by atoms with Crippen LogP contribution in [0.2, 0.25) is 0 Å². The van der Waals surface area contributed by atoms with E-state index in [-0.39, 0.29) is 0 Å². The van der Waals surface area contributed by atoms with Crippen LogP contribution in [0.25, 0.3) is 32.9 Å². The van der Waals surface area contributed by atoms with E-state index < -0.39 is 0 Å². The Balaban J connectivity index is 1.67. The maximum atomic E-state index is 6.38. The lowest BCUT2D eigenvalue weighted by molar-refractivity contribution is 0.553. The SMILES string of the molecule is CCCCCCCCCCn1c2ccc(Br)cc2c2cccc(-c3ccccc3N)c21. The Morgan fingerprint density at radius 2 is 1.45 bits per heavy atom. The smallest absolute Gasteiger partial charge is 0.0571 e. The summed E-state index contributed by atoms with van der Waals surface area (Å²) in [5.74, 6) is 0. The van der Waals surface area contributed by atoms with Gasteiger partial charge in [0.15, 0.2) is 0 Å². The molecule has 2 N–H and O–H groups in total. The van der Waals surface area contributed by atoms with E-state index in [1.54, 1.807) is 0 Å². The minimum Gasteiger partial charge on any atom is -0.398 e. The van der Waals surface area contributed by atoms with Crippen LogP contribution in [0.4, 0.5) is 5.69 Å². The number of nitrogen functional groups attached to an aromatic ring is 1. The number of halogens is 1. The van der Waals surface area contributed by atoms with Crippen LogP contribution in [0.15, 0.2) is 65.1 Å². The van der Waals surface area contributed by atoms with Gasteiger partial charge < -0.3 is 10.3 Å². The topological polar surface area (TPSA) is 30.9 Å². The first kappa shape index (κ1) is 22.0. The number of nitrogens with zero attached hydrogens (tertiary/aromatic N) is 1. The van der Waals surface area contributed by atoms with E-state index in [4.69, 9.17) is 5.73 Å². The summed E-state index contributed by atoms with van der Waals surface area (Å²) in [6.45, 7) is 3.32. The van der Waals surface area contributed by atoms with Gasteiger partial charge >= 0.3 is 0 Å². The largest absolute Gasteiger partial charge is 0.398 e. The van der Waals surface area contributed by atoms with E-state index in [0.29, 0.717) is 0 Å². The summed E-state index contributed by atoms with van der Waals surface area (Å²) in [5, 5.41) is 2.61. The fourth-order valence-electron chi connectivity index (χ4n) is 4.73. The maximum absolute atomic E-state index is 6.38. The van der Waals surface area contributed by atoms with Gasteiger partial charge in [0.05, 0.1) is 5.52 Å². The summed E-state index contributed by atoms with van der Waals surface area (Å²) in [4.78, 5) is 0. The number of unbranched alkanes of at least 4 members (excludes halogenated alkanes) is 7. The predicted octanol–water partition coefficient (Wildman–Crippen LogP) is 8.95. The third-order valence-electron chi connectivity index (χ3n) is 6.33. The van der Waals surface area contributed by atoms with Gasteiger partial charge in [0, 0.05) is 44.1 Å². The van der Waals surface area contributed by atoms with Gasteiger partial charge in [0.2, 0.25) is 0 Å². The molecule has 0 unspecified atom stereocenters. The number of hydrogen-bond donors (Lipinski definition) is 1. The number of aryl methyl sites for hydroxylation is 1. The second kappa shape index (κ2) is 10.4. The number of rotatable bonds is 10. The molecule has 3 aromatic carbocycles. The lowest BCUT2D eigenvalue weighted by atomic mass is 10.0. The Morgan fingerprint density at radius 1 is 0.742 bits per heavy atom. The van der Waals surface area contributed by atoms with Gasteiger partial charge in [-0.15, -0.1) is 0 Å². The number of fused-ring (bicyclic) bond motifs is 3. The van der Waals surface area contributed by atoms with Crippen molar-refractivity contribution in [3.8, 4) is 11.1 Å². The van der Waals surface area contributed by atoms with Gasteiger partial charge in [-0.2, -0.15) is 0 Å². The fourth-order valence-corrected chi connectivity index (χ4v) is 5.09. The maximum Gasteiger partial charge on any atom is 0.0571 e. The van der Waals surface area contributed by atoms with Gasteiger partial charge in [-0.05, 0) is 30.7 Å². The molecule has 2 nitrogen and oxygen atoms in total. The molecule has 0 radical (unpaired) electrons. The molecule has 1 heterocycles. The normalized spacial score (nSPS) is 11.5. The molecule has 0 saturated heterocycles. The number of hydrogen-bond acceptors (Lipinski definition) is 1. The van der Waals surface area contributed by atoms with Crippen LogP contribution < -0.4 is 5.73 Å². The van der Waals surface area contributed by atoms with Crippen LogP contribution in [-0.4, -0.2) is 4.57 Å². The fraction of sp³-hybridized carbons (Fsp3) is 0.357. The van der Waals surface area contributed by atoms with Gasteiger partial charge in [0.25, 0.3) is 0 Å². The molecule has 0 fully saturated rings. The molecule has 0 bridgehead atoms. The molecule has 0 aliphatic rings. The first-order valence-corrected chi connectivity index (χ1v) is 12.6. The van der Waals surface area contributed by atoms with Crippen molar-refractivity contribution in [2.24, 2.45) is 0 Å². The van der Waals surface area contributed by atoms with Gasteiger partial charge in [-0.3, -0.25) is 0 Å². The average molecular weight is 477 g/mol. The first-order chi connectivity index (χ1) is 15.2. The number of nitrogens with two attached hydrogens (primary N) is 1. The van der Waals surface area contributed by atoms with E-state index in [1.165, 1.54) is 78.7 Å². The molecule has 4 rings (SSSR count). The number of para-hydroxylation sites is 2. The Morgan fingerprint density at radius 3 is 2.23 bits per heavy atom. The highest BCUT2D eigenvalue weighted by atomic mass is 79.9. The Kier molecular flexibility index (Phi) is 7.34. The zero-order valence-corrected chi connectivity index (χ0v) is 20.1. The molecule has 31 heavy (non-hydrogen) atoms. The van der Waals surface area contributed by atoms with Crippen molar-refractivity contribution in [1.82, 2.24) is 4.57 Å². The van der Waals surface area contributed by atoms with Crippen molar-refractivity contribution in [3.63, 3.8) is 0 Å². The van der Waals surface area contributed by atoms with Crippen LogP contribution in [-0.2, 0) is 6.54 Å². The number of aromatic nitrogens is 1. The molecule has 0 aliphatic heterocycles. The summed E-state index contributed by atoms with van der Waals surface area (Å²) >= 11 is 3.67. The standard InChI is InChI=1S/C28H33BrN2/c1-2-3-4-5-6-7-8-11-19-31-27-18-17-21(29)20-25(27)24-15-12-14-23(28(24)31)22-13-9-10-16-26(22)30/h9-10,12-18,20H,2-8,11,19,30H2,1H3. The van der Waals surface area contributed by atoms with Crippen molar-refractivity contribution >= 4 is 43.4 Å². The summed E-state index contributed by atoms with van der Waals surface area (Å²) in [6, 6.07) is 21.5. The second-order valence-electron chi connectivity index (χ2n) is 8.58. The van der Waals surface area contributed by atoms with Crippen LogP contribution in [0.3, 0.4) is 0 Å². The highest BCUT2D eigenvalue weighted by molar-refractivity contribution is 9.10. The van der Waals surface area contributed by atoms with Crippen LogP contribution in [0.5, 0.6) is 0 Å². The second-order valence-corrected chi connectivity index (χ2v) is 9.49. The van der Waals surface area contributed by atoms with Crippen LogP contribution >= 0.6 is 15.9 Å². The molecule has 0 aliphatic carbocycles. The molecule has 162 valence electrons. The van der Waals surface area contributed by atoms with E-state index in [9.17, 15) is 0 Å². The summed E-state index contributed by atoms with van der Waals surface area (Å²) in [6.07, 6.45) is 10.7. The minimum absolute atomic E-state index is 0.833. The summed E-state index contributed by atoms with van der Waals surface area (Å²) < 4.78 is 3.64. The quantitative estimate of drug-likeness (QED) is 0.179. The molecule has 0 spiro atoms. The van der Waals surface area contributed by atoms with Crippen molar-refractivity contribution in [1.29, 1.82) is 0 Å².